The topological polar surface area (TPSA) is 70.2 Å². The Labute approximate surface area is 116 Å². The lowest BCUT2D eigenvalue weighted by atomic mass is 10.2. The second-order valence-electron chi connectivity index (χ2n) is 4.19. The summed E-state index contributed by atoms with van der Waals surface area (Å²) in [5, 5.41) is 14.2. The van der Waals surface area contributed by atoms with Crippen LogP contribution in [0.4, 0.5) is 18.9 Å². The Morgan fingerprint density at radius 1 is 1.38 bits per heavy atom. The van der Waals surface area contributed by atoms with Gasteiger partial charge >= 0.3 is 6.18 Å². The van der Waals surface area contributed by atoms with Gasteiger partial charge in [0.15, 0.2) is 5.69 Å². The van der Waals surface area contributed by atoms with Gasteiger partial charge in [0.25, 0.3) is 5.69 Å². The van der Waals surface area contributed by atoms with Crippen molar-refractivity contribution in [3.63, 3.8) is 0 Å². The van der Waals surface area contributed by atoms with Crippen molar-refractivity contribution in [2.45, 2.75) is 12.7 Å². The summed E-state index contributed by atoms with van der Waals surface area (Å²) in [6.45, 7) is -0.0336. The molecule has 9 heteroatoms. The van der Waals surface area contributed by atoms with Crippen molar-refractivity contribution < 1.29 is 22.8 Å². The van der Waals surface area contributed by atoms with Gasteiger partial charge in [-0.1, -0.05) is 0 Å². The molecule has 2 rings (SSSR count). The largest absolute Gasteiger partial charge is 0.496 e. The lowest BCUT2D eigenvalue weighted by Gasteiger charge is -2.06. The molecule has 0 amide bonds. The van der Waals surface area contributed by atoms with Crippen LogP contribution in [0.1, 0.15) is 11.3 Å². The molecule has 0 aliphatic carbocycles. The van der Waals surface area contributed by atoms with Gasteiger partial charge in [-0.15, -0.1) is 0 Å². The molecule has 0 spiro atoms. The molecule has 0 aliphatic rings. The molecule has 0 unspecified atom stereocenters. The second kappa shape index (κ2) is 5.43. The van der Waals surface area contributed by atoms with E-state index in [4.69, 9.17) is 4.74 Å². The quantitative estimate of drug-likeness (QED) is 0.643. The van der Waals surface area contributed by atoms with Gasteiger partial charge in [-0.05, 0) is 17.7 Å². The lowest BCUT2D eigenvalue weighted by Crippen LogP contribution is -2.08. The molecule has 0 saturated heterocycles. The Bertz CT molecular complexity index is 667. The zero-order chi connectivity index (χ0) is 15.6. The molecule has 0 aliphatic heterocycles. The summed E-state index contributed by atoms with van der Waals surface area (Å²) < 4.78 is 43.3. The lowest BCUT2D eigenvalue weighted by molar-refractivity contribution is -0.385. The first-order chi connectivity index (χ1) is 9.79. The van der Waals surface area contributed by atoms with Gasteiger partial charge in [-0.25, -0.2) is 0 Å². The van der Waals surface area contributed by atoms with Crippen LogP contribution in [0.3, 0.4) is 0 Å². The Morgan fingerprint density at radius 3 is 2.62 bits per heavy atom. The van der Waals surface area contributed by atoms with Crippen molar-refractivity contribution in [1.82, 2.24) is 9.78 Å². The average molecular weight is 301 g/mol. The number of halogens is 3. The summed E-state index contributed by atoms with van der Waals surface area (Å²) in [6, 6.07) is 4.84. The summed E-state index contributed by atoms with van der Waals surface area (Å²) in [6.07, 6.45) is -3.36. The second-order valence-corrected chi connectivity index (χ2v) is 4.19. The Balaban J connectivity index is 2.28. The highest BCUT2D eigenvalue weighted by atomic mass is 19.4. The molecule has 6 nitrogen and oxygen atoms in total. The summed E-state index contributed by atoms with van der Waals surface area (Å²) in [5.74, 6) is 0.252. The van der Waals surface area contributed by atoms with Crippen molar-refractivity contribution in [2.24, 2.45) is 0 Å². The van der Waals surface area contributed by atoms with E-state index in [-0.39, 0.29) is 18.0 Å². The molecule has 2 aromatic rings. The number of hydrogen-bond donors (Lipinski definition) is 0. The van der Waals surface area contributed by atoms with E-state index in [0.717, 1.165) is 16.9 Å². The molecular weight excluding hydrogens is 291 g/mol. The monoisotopic (exact) mass is 301 g/mol. The van der Waals surface area contributed by atoms with Crippen LogP contribution in [-0.4, -0.2) is 21.8 Å². The van der Waals surface area contributed by atoms with Crippen LogP contribution in [-0.2, 0) is 12.7 Å². The zero-order valence-corrected chi connectivity index (χ0v) is 10.8. The van der Waals surface area contributed by atoms with Crippen molar-refractivity contribution >= 4 is 5.69 Å². The number of nitro benzene ring substituents is 1. The highest BCUT2D eigenvalue weighted by Crippen LogP contribution is 2.28. The van der Waals surface area contributed by atoms with Crippen LogP contribution < -0.4 is 4.74 Å². The molecule has 1 aromatic carbocycles. The normalized spacial score (nSPS) is 11.4. The standard InChI is InChI=1S/C12H10F3N3O3/c1-21-10-5-8(4-9(6-10)18(19)20)7-17-3-2-11(16-17)12(13,14)15/h2-6H,7H2,1H3. The van der Waals surface area contributed by atoms with Gasteiger partial charge in [-0.2, -0.15) is 18.3 Å². The first-order valence-corrected chi connectivity index (χ1v) is 5.72. The predicted molar refractivity (Wildman–Crippen MR) is 66.0 cm³/mol. The van der Waals surface area contributed by atoms with Crippen LogP contribution in [0.25, 0.3) is 0 Å². The first-order valence-electron chi connectivity index (χ1n) is 5.72. The number of non-ortho nitro benzene ring substituents is 1. The summed E-state index contributed by atoms with van der Waals surface area (Å²) in [7, 11) is 1.35. The van der Waals surface area contributed by atoms with Crippen LogP contribution in [0.5, 0.6) is 5.75 Å². The van der Waals surface area contributed by atoms with E-state index in [9.17, 15) is 23.3 Å². The molecule has 0 fully saturated rings. The van der Waals surface area contributed by atoms with Crippen LogP contribution >= 0.6 is 0 Å². The van der Waals surface area contributed by atoms with Crippen molar-refractivity contribution in [3.8, 4) is 5.75 Å². The maximum absolute atomic E-state index is 12.4. The molecule has 0 radical (unpaired) electrons. The van der Waals surface area contributed by atoms with Crippen LogP contribution in [0, 0.1) is 10.1 Å². The van der Waals surface area contributed by atoms with E-state index in [2.05, 4.69) is 5.10 Å². The molecular formula is C12H10F3N3O3. The minimum absolute atomic E-state index is 0.0336. The van der Waals surface area contributed by atoms with Crippen molar-refractivity contribution in [1.29, 1.82) is 0 Å². The van der Waals surface area contributed by atoms with E-state index in [1.54, 1.807) is 0 Å². The first kappa shape index (κ1) is 14.8. The van der Waals surface area contributed by atoms with Gasteiger partial charge in [0.05, 0.1) is 24.6 Å². The molecule has 0 saturated carbocycles. The van der Waals surface area contributed by atoms with Crippen LogP contribution in [0.2, 0.25) is 0 Å². The van der Waals surface area contributed by atoms with Gasteiger partial charge in [-0.3, -0.25) is 14.8 Å². The molecule has 1 heterocycles. The average Bonchev–Trinajstić information content (AvgIpc) is 2.86. The number of methoxy groups -OCH3 is 1. The highest BCUT2D eigenvalue weighted by Gasteiger charge is 2.33. The van der Waals surface area contributed by atoms with E-state index in [0.29, 0.717) is 5.56 Å². The van der Waals surface area contributed by atoms with Gasteiger partial charge in [0, 0.05) is 12.3 Å². The van der Waals surface area contributed by atoms with E-state index >= 15 is 0 Å². The number of nitro groups is 1. The minimum Gasteiger partial charge on any atom is -0.496 e. The number of aromatic nitrogens is 2. The molecule has 21 heavy (non-hydrogen) atoms. The fourth-order valence-electron chi connectivity index (χ4n) is 1.75. The number of ether oxygens (including phenoxy) is 1. The Kier molecular flexibility index (Phi) is 3.83. The number of rotatable bonds is 4. The van der Waals surface area contributed by atoms with E-state index < -0.39 is 16.8 Å². The van der Waals surface area contributed by atoms with Crippen LogP contribution in [0.15, 0.2) is 30.5 Å². The molecule has 1 aromatic heterocycles. The summed E-state index contributed by atoms with van der Waals surface area (Å²) >= 11 is 0. The Hall–Kier alpha value is -2.58. The minimum atomic E-state index is -4.52. The Morgan fingerprint density at radius 2 is 2.10 bits per heavy atom. The molecule has 0 bridgehead atoms. The summed E-state index contributed by atoms with van der Waals surface area (Å²) in [5.41, 5.74) is -0.801. The van der Waals surface area contributed by atoms with E-state index in [1.807, 2.05) is 0 Å². The SMILES string of the molecule is COc1cc(Cn2ccc(C(F)(F)F)n2)cc([N+](=O)[O-])c1. The fourth-order valence-corrected chi connectivity index (χ4v) is 1.75. The maximum Gasteiger partial charge on any atom is 0.435 e. The van der Waals surface area contributed by atoms with Crippen molar-refractivity contribution in [2.75, 3.05) is 7.11 Å². The third-order valence-corrected chi connectivity index (χ3v) is 2.67. The molecule has 0 N–H and O–H groups in total. The number of alkyl halides is 3. The fraction of sp³-hybridized carbons (Fsp3) is 0.250. The number of hydrogen-bond acceptors (Lipinski definition) is 4. The van der Waals surface area contributed by atoms with Crippen molar-refractivity contribution in [3.05, 3.63) is 51.8 Å². The van der Waals surface area contributed by atoms with Gasteiger partial charge in [0.2, 0.25) is 0 Å². The number of benzene rings is 1. The number of nitrogens with zero attached hydrogens (tertiary/aromatic N) is 3. The molecule has 112 valence electrons. The predicted octanol–water partition coefficient (Wildman–Crippen LogP) is 2.87. The van der Waals surface area contributed by atoms with E-state index in [1.165, 1.54) is 25.3 Å². The third-order valence-electron chi connectivity index (χ3n) is 2.67. The molecule has 0 atom stereocenters. The van der Waals surface area contributed by atoms with Gasteiger partial charge in [0.1, 0.15) is 5.75 Å². The highest BCUT2D eigenvalue weighted by molar-refractivity contribution is 5.42. The third kappa shape index (κ3) is 3.50. The van der Waals surface area contributed by atoms with Gasteiger partial charge < -0.3 is 4.74 Å². The maximum atomic E-state index is 12.4. The zero-order valence-electron chi connectivity index (χ0n) is 10.8. The summed E-state index contributed by atoms with van der Waals surface area (Å²) in [4.78, 5) is 10.2. The smallest absolute Gasteiger partial charge is 0.435 e.